The van der Waals surface area contributed by atoms with Crippen molar-refractivity contribution < 1.29 is 9.66 Å². The largest absolute Gasteiger partial charge is 0.457 e. The van der Waals surface area contributed by atoms with Gasteiger partial charge in [0.1, 0.15) is 11.5 Å². The van der Waals surface area contributed by atoms with E-state index in [-0.39, 0.29) is 11.6 Å². The fraction of sp³-hybridized carbons (Fsp3) is 0.250. The molecule has 5 heteroatoms. The van der Waals surface area contributed by atoms with Crippen LogP contribution in [0.1, 0.15) is 24.5 Å². The van der Waals surface area contributed by atoms with Gasteiger partial charge in [-0.15, -0.1) is 11.6 Å². The summed E-state index contributed by atoms with van der Waals surface area (Å²) in [5.41, 5.74) is 1.87. The standard InChI is InChI=1S/C16H16ClNO3/c1-2-3-12-4-7-15(8-5-12)21-16-9-6-14(18(19)20)10-13(16)11-17/h4-10H,2-3,11H2,1H3. The number of hydrogen-bond donors (Lipinski definition) is 0. The predicted octanol–water partition coefficient (Wildman–Crippen LogP) is 5.08. The molecule has 21 heavy (non-hydrogen) atoms. The molecular formula is C16H16ClNO3. The van der Waals surface area contributed by atoms with Gasteiger partial charge >= 0.3 is 0 Å². The van der Waals surface area contributed by atoms with Crippen molar-refractivity contribution in [3.63, 3.8) is 0 Å². The highest BCUT2D eigenvalue weighted by molar-refractivity contribution is 6.17. The first-order valence-corrected chi connectivity index (χ1v) is 7.27. The van der Waals surface area contributed by atoms with Crippen LogP contribution in [0, 0.1) is 10.1 Å². The van der Waals surface area contributed by atoms with Crippen molar-refractivity contribution in [2.24, 2.45) is 0 Å². The summed E-state index contributed by atoms with van der Waals surface area (Å²) >= 11 is 5.84. The Morgan fingerprint density at radius 2 is 1.90 bits per heavy atom. The highest BCUT2D eigenvalue weighted by atomic mass is 35.5. The minimum Gasteiger partial charge on any atom is -0.457 e. The number of nitrogens with zero attached hydrogens (tertiary/aromatic N) is 1. The lowest BCUT2D eigenvalue weighted by molar-refractivity contribution is -0.384. The SMILES string of the molecule is CCCc1ccc(Oc2ccc([N+](=O)[O-])cc2CCl)cc1. The Kier molecular flexibility index (Phi) is 5.17. The van der Waals surface area contributed by atoms with Gasteiger partial charge in [-0.2, -0.15) is 0 Å². The lowest BCUT2D eigenvalue weighted by Gasteiger charge is -2.10. The maximum Gasteiger partial charge on any atom is 0.270 e. The second-order valence-electron chi connectivity index (χ2n) is 4.68. The molecule has 4 nitrogen and oxygen atoms in total. The van der Waals surface area contributed by atoms with E-state index in [4.69, 9.17) is 16.3 Å². The second-order valence-corrected chi connectivity index (χ2v) is 4.95. The van der Waals surface area contributed by atoms with E-state index in [9.17, 15) is 10.1 Å². The molecule has 0 aromatic heterocycles. The molecule has 0 aliphatic heterocycles. The molecule has 0 bridgehead atoms. The molecule has 0 saturated carbocycles. The molecule has 0 spiro atoms. The molecule has 0 fully saturated rings. The van der Waals surface area contributed by atoms with Gasteiger partial charge in [-0.3, -0.25) is 10.1 Å². The van der Waals surface area contributed by atoms with E-state index in [1.807, 2.05) is 24.3 Å². The van der Waals surface area contributed by atoms with E-state index in [1.54, 1.807) is 6.07 Å². The Labute approximate surface area is 128 Å². The smallest absolute Gasteiger partial charge is 0.270 e. The molecular weight excluding hydrogens is 290 g/mol. The van der Waals surface area contributed by atoms with E-state index in [0.29, 0.717) is 17.1 Å². The van der Waals surface area contributed by atoms with Crippen LogP contribution in [-0.2, 0) is 12.3 Å². The number of hydrogen-bond acceptors (Lipinski definition) is 3. The molecule has 0 atom stereocenters. The highest BCUT2D eigenvalue weighted by Gasteiger charge is 2.11. The molecule has 0 aliphatic carbocycles. The highest BCUT2D eigenvalue weighted by Crippen LogP contribution is 2.30. The summed E-state index contributed by atoms with van der Waals surface area (Å²) in [6.45, 7) is 2.13. The fourth-order valence-electron chi connectivity index (χ4n) is 2.02. The normalized spacial score (nSPS) is 10.4. The molecule has 0 saturated heterocycles. The zero-order valence-electron chi connectivity index (χ0n) is 11.7. The van der Waals surface area contributed by atoms with Gasteiger partial charge in [0.05, 0.1) is 10.8 Å². The topological polar surface area (TPSA) is 52.4 Å². The molecule has 0 amide bonds. The van der Waals surface area contributed by atoms with Crippen molar-refractivity contribution in [3.8, 4) is 11.5 Å². The van der Waals surface area contributed by atoms with Crippen LogP contribution in [0.15, 0.2) is 42.5 Å². The molecule has 0 aliphatic rings. The summed E-state index contributed by atoms with van der Waals surface area (Å²) in [5, 5.41) is 10.8. The second kappa shape index (κ2) is 7.09. The van der Waals surface area contributed by atoms with Crippen LogP contribution in [0.4, 0.5) is 5.69 Å². The number of benzene rings is 2. The van der Waals surface area contributed by atoms with Crippen molar-refractivity contribution in [3.05, 3.63) is 63.7 Å². The summed E-state index contributed by atoms with van der Waals surface area (Å²) in [5.74, 6) is 1.39. The van der Waals surface area contributed by atoms with E-state index >= 15 is 0 Å². The van der Waals surface area contributed by atoms with Crippen LogP contribution >= 0.6 is 11.6 Å². The summed E-state index contributed by atoms with van der Waals surface area (Å²) in [6, 6.07) is 12.3. The average Bonchev–Trinajstić information content (AvgIpc) is 2.49. The van der Waals surface area contributed by atoms with Crippen molar-refractivity contribution in [2.45, 2.75) is 25.6 Å². The zero-order valence-corrected chi connectivity index (χ0v) is 12.5. The number of alkyl halides is 1. The maximum atomic E-state index is 10.8. The first kappa shape index (κ1) is 15.3. The number of aryl methyl sites for hydroxylation is 1. The third-order valence-corrected chi connectivity index (χ3v) is 3.38. The Bertz CT molecular complexity index is 626. The quantitative estimate of drug-likeness (QED) is 0.425. The van der Waals surface area contributed by atoms with Crippen LogP contribution in [-0.4, -0.2) is 4.92 Å². The van der Waals surface area contributed by atoms with Crippen molar-refractivity contribution in [1.29, 1.82) is 0 Å². The first-order chi connectivity index (χ1) is 10.1. The summed E-state index contributed by atoms with van der Waals surface area (Å²) < 4.78 is 5.76. The lowest BCUT2D eigenvalue weighted by atomic mass is 10.1. The Balaban J connectivity index is 2.20. The Morgan fingerprint density at radius 1 is 1.19 bits per heavy atom. The molecule has 0 unspecified atom stereocenters. The van der Waals surface area contributed by atoms with Crippen LogP contribution in [0.3, 0.4) is 0 Å². The van der Waals surface area contributed by atoms with E-state index in [2.05, 4.69) is 6.92 Å². The van der Waals surface area contributed by atoms with Gasteiger partial charge in [0.2, 0.25) is 0 Å². The van der Waals surface area contributed by atoms with Gasteiger partial charge in [-0.25, -0.2) is 0 Å². The third-order valence-electron chi connectivity index (χ3n) is 3.09. The van der Waals surface area contributed by atoms with Gasteiger partial charge in [-0.05, 0) is 30.2 Å². The number of ether oxygens (including phenoxy) is 1. The van der Waals surface area contributed by atoms with Crippen LogP contribution in [0.5, 0.6) is 11.5 Å². The van der Waals surface area contributed by atoms with Crippen LogP contribution in [0.25, 0.3) is 0 Å². The van der Waals surface area contributed by atoms with E-state index in [1.165, 1.54) is 17.7 Å². The van der Waals surface area contributed by atoms with Crippen molar-refractivity contribution in [1.82, 2.24) is 0 Å². The summed E-state index contributed by atoms with van der Waals surface area (Å²) in [6.07, 6.45) is 2.13. The zero-order chi connectivity index (χ0) is 15.2. The predicted molar refractivity (Wildman–Crippen MR) is 83.2 cm³/mol. The average molecular weight is 306 g/mol. The number of halogens is 1. The van der Waals surface area contributed by atoms with Crippen molar-refractivity contribution in [2.75, 3.05) is 0 Å². The number of nitro groups is 1. The lowest BCUT2D eigenvalue weighted by Crippen LogP contribution is -1.94. The summed E-state index contributed by atoms with van der Waals surface area (Å²) in [7, 11) is 0. The molecule has 0 heterocycles. The van der Waals surface area contributed by atoms with Crippen molar-refractivity contribution >= 4 is 17.3 Å². The van der Waals surface area contributed by atoms with E-state index < -0.39 is 4.92 Å². The molecule has 0 radical (unpaired) electrons. The van der Waals surface area contributed by atoms with Gasteiger partial charge in [-0.1, -0.05) is 25.5 Å². The fourth-order valence-corrected chi connectivity index (χ4v) is 2.23. The third kappa shape index (κ3) is 3.95. The number of non-ortho nitro benzene ring substituents is 1. The van der Waals surface area contributed by atoms with Gasteiger partial charge in [0, 0.05) is 17.7 Å². The van der Waals surface area contributed by atoms with E-state index in [0.717, 1.165) is 12.8 Å². The minimum atomic E-state index is -0.445. The van der Waals surface area contributed by atoms with Crippen LogP contribution in [0.2, 0.25) is 0 Å². The molecule has 2 aromatic carbocycles. The number of rotatable bonds is 6. The number of nitro benzene ring substituents is 1. The first-order valence-electron chi connectivity index (χ1n) is 6.74. The molecule has 2 aromatic rings. The van der Waals surface area contributed by atoms with Gasteiger partial charge in [0.15, 0.2) is 0 Å². The van der Waals surface area contributed by atoms with Gasteiger partial charge in [0.25, 0.3) is 5.69 Å². The molecule has 0 N–H and O–H groups in total. The summed E-state index contributed by atoms with van der Waals surface area (Å²) in [4.78, 5) is 10.3. The Hall–Kier alpha value is -2.07. The molecule has 110 valence electrons. The molecule has 2 rings (SSSR count). The maximum absolute atomic E-state index is 10.8. The van der Waals surface area contributed by atoms with Gasteiger partial charge < -0.3 is 4.74 Å². The van der Waals surface area contributed by atoms with Crippen LogP contribution < -0.4 is 4.74 Å². The minimum absolute atomic E-state index is 0.0105. The monoisotopic (exact) mass is 305 g/mol. The Morgan fingerprint density at radius 3 is 2.48 bits per heavy atom.